The van der Waals surface area contributed by atoms with Crippen LogP contribution in [0.2, 0.25) is 0 Å². The third-order valence-corrected chi connectivity index (χ3v) is 8.41. The molecule has 2 aliphatic heterocycles. The summed E-state index contributed by atoms with van der Waals surface area (Å²) in [4.78, 5) is 58.7. The maximum atomic E-state index is 13.1. The second kappa shape index (κ2) is 14.1. The Morgan fingerprint density at radius 3 is 2.33 bits per heavy atom. The van der Waals surface area contributed by atoms with E-state index in [1.165, 1.54) is 16.2 Å². The van der Waals surface area contributed by atoms with Crippen LogP contribution in [-0.2, 0) is 20.9 Å². The number of aromatic nitrogens is 1. The van der Waals surface area contributed by atoms with Gasteiger partial charge in [0.1, 0.15) is 18.2 Å². The largest absolute Gasteiger partial charge is 0.445 e. The second-order valence-electron chi connectivity index (χ2n) is 12.2. The first-order valence-electron chi connectivity index (χ1n) is 15.2. The van der Waals surface area contributed by atoms with Gasteiger partial charge >= 0.3 is 12.2 Å². The standard InChI is InChI=1S/C33H39N5O6S/c1-33(2,3)44-31(41)37-18-15-25(16-19-37)34-28(39)24-13-11-23(12-14-24)26-21-45-30(35-26)36-29(40)27-10-7-17-38(27)32(42)43-20-22-8-5-4-6-9-22/h4-6,8-9,11-14,21,25,27H,7,10,15-20H2,1-3H3,(H,34,39)(H,35,36,40). The van der Waals surface area contributed by atoms with Crippen LogP contribution < -0.4 is 10.6 Å². The van der Waals surface area contributed by atoms with Crippen LogP contribution in [0.15, 0.2) is 60.0 Å². The highest BCUT2D eigenvalue weighted by Gasteiger charge is 2.35. The Kier molecular flexibility index (Phi) is 10.0. The summed E-state index contributed by atoms with van der Waals surface area (Å²) in [7, 11) is 0. The van der Waals surface area contributed by atoms with Gasteiger partial charge in [0.2, 0.25) is 5.91 Å². The van der Waals surface area contributed by atoms with E-state index in [4.69, 9.17) is 9.47 Å². The van der Waals surface area contributed by atoms with Crippen molar-refractivity contribution in [2.75, 3.05) is 25.0 Å². The van der Waals surface area contributed by atoms with Gasteiger partial charge in [-0.2, -0.15) is 0 Å². The molecule has 1 atom stereocenters. The number of carbonyl (C=O) groups is 4. The normalized spacial score (nSPS) is 17.1. The Bertz CT molecular complexity index is 1500. The second-order valence-corrected chi connectivity index (χ2v) is 13.1. The van der Waals surface area contributed by atoms with Crippen molar-refractivity contribution in [3.63, 3.8) is 0 Å². The van der Waals surface area contributed by atoms with E-state index in [0.717, 1.165) is 11.1 Å². The van der Waals surface area contributed by atoms with Crippen molar-refractivity contribution in [1.82, 2.24) is 20.1 Å². The number of piperidine rings is 1. The number of anilines is 1. The first kappa shape index (κ1) is 32.0. The van der Waals surface area contributed by atoms with Crippen molar-refractivity contribution in [3.8, 4) is 11.3 Å². The molecule has 0 aliphatic carbocycles. The van der Waals surface area contributed by atoms with E-state index in [1.54, 1.807) is 17.0 Å². The lowest BCUT2D eigenvalue weighted by atomic mass is 10.0. The number of rotatable bonds is 7. The number of nitrogens with one attached hydrogen (secondary N) is 2. The van der Waals surface area contributed by atoms with E-state index in [-0.39, 0.29) is 30.6 Å². The van der Waals surface area contributed by atoms with Gasteiger partial charge in [-0.15, -0.1) is 11.3 Å². The number of benzene rings is 2. The van der Waals surface area contributed by atoms with Gasteiger partial charge in [0.05, 0.1) is 5.69 Å². The van der Waals surface area contributed by atoms with Crippen LogP contribution in [0.4, 0.5) is 14.7 Å². The summed E-state index contributed by atoms with van der Waals surface area (Å²) in [5.74, 6) is -0.471. The Hall–Kier alpha value is -4.45. The summed E-state index contributed by atoms with van der Waals surface area (Å²) in [6.45, 7) is 7.18. The van der Waals surface area contributed by atoms with Gasteiger partial charge in [0.25, 0.3) is 5.91 Å². The SMILES string of the molecule is CC(C)(C)OC(=O)N1CCC(NC(=O)c2ccc(-c3csc(NC(=O)C4CCCN4C(=O)OCc4ccccc4)n3)cc2)CC1. The van der Waals surface area contributed by atoms with Gasteiger partial charge in [-0.1, -0.05) is 42.5 Å². The maximum absolute atomic E-state index is 13.1. The summed E-state index contributed by atoms with van der Waals surface area (Å²) in [5.41, 5.74) is 2.34. The first-order chi connectivity index (χ1) is 21.6. The van der Waals surface area contributed by atoms with Crippen molar-refractivity contribution >= 4 is 40.5 Å². The van der Waals surface area contributed by atoms with E-state index in [9.17, 15) is 19.2 Å². The zero-order valence-corrected chi connectivity index (χ0v) is 26.6. The molecule has 0 bridgehead atoms. The molecule has 3 aromatic rings. The molecule has 0 saturated carbocycles. The number of likely N-dealkylation sites (tertiary alicyclic amines) is 2. The van der Waals surface area contributed by atoms with Crippen LogP contribution in [0.5, 0.6) is 0 Å². The Morgan fingerprint density at radius 1 is 0.933 bits per heavy atom. The monoisotopic (exact) mass is 633 g/mol. The molecule has 1 unspecified atom stereocenters. The smallest absolute Gasteiger partial charge is 0.410 e. The number of carbonyl (C=O) groups excluding carboxylic acids is 4. The summed E-state index contributed by atoms with van der Waals surface area (Å²) in [5, 5.41) is 8.18. The number of hydrogen-bond acceptors (Lipinski definition) is 8. The lowest BCUT2D eigenvalue weighted by Gasteiger charge is -2.33. The first-order valence-corrected chi connectivity index (χ1v) is 16.1. The molecule has 2 saturated heterocycles. The minimum absolute atomic E-state index is 0.0258. The minimum atomic E-state index is -0.622. The highest BCUT2D eigenvalue weighted by molar-refractivity contribution is 7.14. The maximum Gasteiger partial charge on any atom is 0.410 e. The van der Waals surface area contributed by atoms with Gasteiger partial charge in [-0.25, -0.2) is 14.6 Å². The van der Waals surface area contributed by atoms with Crippen LogP contribution in [0.1, 0.15) is 62.4 Å². The van der Waals surface area contributed by atoms with E-state index in [2.05, 4.69) is 15.6 Å². The molecule has 238 valence electrons. The van der Waals surface area contributed by atoms with Crippen molar-refractivity contribution in [1.29, 1.82) is 0 Å². The molecule has 2 aromatic carbocycles. The Morgan fingerprint density at radius 2 is 1.64 bits per heavy atom. The van der Waals surface area contributed by atoms with Crippen molar-refractivity contribution in [3.05, 3.63) is 71.1 Å². The molecular weight excluding hydrogens is 594 g/mol. The van der Waals surface area contributed by atoms with Crippen molar-refractivity contribution in [2.45, 2.75) is 70.7 Å². The van der Waals surface area contributed by atoms with Crippen molar-refractivity contribution < 1.29 is 28.7 Å². The van der Waals surface area contributed by atoms with E-state index in [0.29, 0.717) is 61.7 Å². The van der Waals surface area contributed by atoms with Gasteiger partial charge in [-0.05, 0) is 64.2 Å². The molecule has 0 radical (unpaired) electrons. The van der Waals surface area contributed by atoms with E-state index >= 15 is 0 Å². The van der Waals surface area contributed by atoms with Crippen LogP contribution >= 0.6 is 11.3 Å². The highest BCUT2D eigenvalue weighted by atomic mass is 32.1. The molecule has 1 aromatic heterocycles. The molecule has 2 aliphatic rings. The zero-order valence-electron chi connectivity index (χ0n) is 25.8. The molecule has 45 heavy (non-hydrogen) atoms. The van der Waals surface area contributed by atoms with Crippen LogP contribution in [0.3, 0.4) is 0 Å². The van der Waals surface area contributed by atoms with Gasteiger partial charge in [-0.3, -0.25) is 14.5 Å². The van der Waals surface area contributed by atoms with Crippen LogP contribution in [0, 0.1) is 0 Å². The fourth-order valence-electron chi connectivity index (χ4n) is 5.31. The lowest BCUT2D eigenvalue weighted by molar-refractivity contribution is -0.120. The van der Waals surface area contributed by atoms with Gasteiger partial charge in [0.15, 0.2) is 5.13 Å². The summed E-state index contributed by atoms with van der Waals surface area (Å²) in [6, 6.07) is 15.9. The summed E-state index contributed by atoms with van der Waals surface area (Å²) in [6.07, 6.45) is 1.75. The van der Waals surface area contributed by atoms with Crippen LogP contribution in [0.25, 0.3) is 11.3 Å². The number of thiazole rings is 1. The topological polar surface area (TPSA) is 130 Å². The molecule has 0 spiro atoms. The molecule has 3 heterocycles. The molecule has 11 nitrogen and oxygen atoms in total. The van der Waals surface area contributed by atoms with E-state index < -0.39 is 17.7 Å². The molecule has 2 N–H and O–H groups in total. The third-order valence-electron chi connectivity index (χ3n) is 7.65. The fourth-order valence-corrected chi connectivity index (χ4v) is 6.03. The highest BCUT2D eigenvalue weighted by Crippen LogP contribution is 2.27. The molecule has 2 fully saturated rings. The predicted molar refractivity (Wildman–Crippen MR) is 171 cm³/mol. The van der Waals surface area contributed by atoms with Gasteiger partial charge in [0, 0.05) is 42.2 Å². The predicted octanol–water partition coefficient (Wildman–Crippen LogP) is 5.68. The van der Waals surface area contributed by atoms with E-state index in [1.807, 2.05) is 68.6 Å². The number of ether oxygens (including phenoxy) is 2. The quantitative estimate of drug-likeness (QED) is 0.343. The Labute approximate surface area is 266 Å². The number of amides is 4. The average Bonchev–Trinajstić information content (AvgIpc) is 3.70. The zero-order chi connectivity index (χ0) is 32.0. The number of nitrogens with zero attached hydrogens (tertiary/aromatic N) is 3. The average molecular weight is 634 g/mol. The molecule has 4 amide bonds. The molecular formula is C33H39N5O6S. The summed E-state index contributed by atoms with van der Waals surface area (Å²) < 4.78 is 10.9. The van der Waals surface area contributed by atoms with Crippen molar-refractivity contribution in [2.24, 2.45) is 0 Å². The van der Waals surface area contributed by atoms with Gasteiger partial charge < -0.3 is 25.0 Å². The van der Waals surface area contributed by atoms with Crippen LogP contribution in [-0.4, -0.2) is 76.1 Å². The third kappa shape index (κ3) is 8.59. The lowest BCUT2D eigenvalue weighted by Crippen LogP contribution is -2.47. The summed E-state index contributed by atoms with van der Waals surface area (Å²) >= 11 is 1.29. The molecule has 5 rings (SSSR count). The minimum Gasteiger partial charge on any atom is -0.445 e. The fraction of sp³-hybridized carbons (Fsp3) is 0.424. The number of hydrogen-bond donors (Lipinski definition) is 2. The Balaban J connectivity index is 1.10. The molecule has 12 heteroatoms.